The van der Waals surface area contributed by atoms with Crippen LogP contribution in [0.3, 0.4) is 0 Å². The maximum Gasteiger partial charge on any atom is 0.136 e. The average Bonchev–Trinajstić information content (AvgIpc) is 2.29. The second kappa shape index (κ2) is 4.69. The molecule has 0 aliphatic rings. The zero-order valence-electron chi connectivity index (χ0n) is 10.7. The summed E-state index contributed by atoms with van der Waals surface area (Å²) in [7, 11) is 0. The highest BCUT2D eigenvalue weighted by Crippen LogP contribution is 2.27. The van der Waals surface area contributed by atoms with E-state index in [4.69, 9.17) is 5.73 Å². The predicted molar refractivity (Wildman–Crippen MR) is 78.3 cm³/mol. The van der Waals surface area contributed by atoms with E-state index in [0.29, 0.717) is 5.82 Å². The highest BCUT2D eigenvalue weighted by Gasteiger charge is 2.18. The Labute approximate surface area is 116 Å². The molecule has 0 spiro atoms. The fourth-order valence-electron chi connectivity index (χ4n) is 1.61. The number of nitrogens with two attached hydrogens (primary N) is 1. The van der Waals surface area contributed by atoms with Crippen molar-refractivity contribution in [1.29, 1.82) is 0 Å². The topological polar surface area (TPSA) is 51.8 Å². The molecular formula is C14H16BrN3. The summed E-state index contributed by atoms with van der Waals surface area (Å²) in [4.78, 5) is 8.80. The van der Waals surface area contributed by atoms with E-state index in [9.17, 15) is 0 Å². The minimum atomic E-state index is -0.0909. The lowest BCUT2D eigenvalue weighted by molar-refractivity contribution is 0.546. The molecule has 0 amide bonds. The minimum Gasteiger partial charge on any atom is -0.383 e. The van der Waals surface area contributed by atoms with Gasteiger partial charge in [-0.1, -0.05) is 48.8 Å². The molecule has 1 aromatic heterocycles. The summed E-state index contributed by atoms with van der Waals surface area (Å²) in [6.45, 7) is 6.21. The molecule has 0 atom stereocenters. The van der Waals surface area contributed by atoms with E-state index in [-0.39, 0.29) is 5.41 Å². The normalized spacial score (nSPS) is 11.6. The Morgan fingerprint density at radius 3 is 2.22 bits per heavy atom. The van der Waals surface area contributed by atoms with Gasteiger partial charge >= 0.3 is 0 Å². The number of rotatable bonds is 1. The quantitative estimate of drug-likeness (QED) is 0.872. The number of nitrogens with zero attached hydrogens (tertiary/aromatic N) is 2. The van der Waals surface area contributed by atoms with Crippen molar-refractivity contribution < 1.29 is 0 Å². The van der Waals surface area contributed by atoms with E-state index in [1.807, 2.05) is 24.3 Å². The molecule has 0 bridgehead atoms. The molecular weight excluding hydrogens is 290 g/mol. The van der Waals surface area contributed by atoms with Crippen molar-refractivity contribution in [1.82, 2.24) is 9.97 Å². The van der Waals surface area contributed by atoms with Crippen LogP contribution in [0.1, 0.15) is 26.6 Å². The summed E-state index contributed by atoms with van der Waals surface area (Å²) in [5.41, 5.74) is 7.83. The van der Waals surface area contributed by atoms with E-state index < -0.39 is 0 Å². The Morgan fingerprint density at radius 2 is 1.72 bits per heavy atom. The van der Waals surface area contributed by atoms with E-state index in [1.54, 1.807) is 6.20 Å². The van der Waals surface area contributed by atoms with Crippen LogP contribution in [-0.4, -0.2) is 9.97 Å². The Bertz CT molecular complexity index is 556. The molecule has 0 unspecified atom stereocenters. The van der Waals surface area contributed by atoms with Crippen LogP contribution in [0.25, 0.3) is 11.1 Å². The van der Waals surface area contributed by atoms with Crippen molar-refractivity contribution >= 4 is 21.7 Å². The van der Waals surface area contributed by atoms with Crippen LogP contribution in [-0.2, 0) is 5.41 Å². The van der Waals surface area contributed by atoms with Crippen LogP contribution in [0, 0.1) is 0 Å². The molecule has 94 valence electrons. The molecule has 0 saturated carbocycles. The molecule has 1 heterocycles. The van der Waals surface area contributed by atoms with Crippen LogP contribution < -0.4 is 5.73 Å². The summed E-state index contributed by atoms with van der Waals surface area (Å²) < 4.78 is 1.04. The third kappa shape index (κ3) is 2.70. The smallest absolute Gasteiger partial charge is 0.136 e. The standard InChI is InChI=1S/C14H16BrN3/c1-14(2,3)13-17-8-11(12(16)18-13)9-4-6-10(15)7-5-9/h4-8H,1-3H3,(H2,16,17,18). The zero-order valence-corrected chi connectivity index (χ0v) is 12.3. The molecule has 18 heavy (non-hydrogen) atoms. The molecule has 4 heteroatoms. The lowest BCUT2D eigenvalue weighted by Gasteiger charge is -2.17. The number of halogens is 1. The first-order chi connectivity index (χ1) is 8.38. The van der Waals surface area contributed by atoms with Crippen molar-refractivity contribution in [2.45, 2.75) is 26.2 Å². The lowest BCUT2D eigenvalue weighted by atomic mass is 9.95. The Kier molecular flexibility index (Phi) is 3.39. The number of benzene rings is 1. The maximum absolute atomic E-state index is 6.03. The van der Waals surface area contributed by atoms with Gasteiger partial charge in [0, 0.05) is 21.6 Å². The Balaban J connectivity index is 2.45. The van der Waals surface area contributed by atoms with Gasteiger partial charge in [-0.2, -0.15) is 0 Å². The summed E-state index contributed by atoms with van der Waals surface area (Å²) in [5, 5.41) is 0. The molecule has 0 aliphatic heterocycles. The number of nitrogen functional groups attached to an aromatic ring is 1. The highest BCUT2D eigenvalue weighted by atomic mass is 79.9. The van der Waals surface area contributed by atoms with E-state index in [0.717, 1.165) is 21.4 Å². The van der Waals surface area contributed by atoms with Gasteiger partial charge in [-0.15, -0.1) is 0 Å². The van der Waals surface area contributed by atoms with Crippen molar-refractivity contribution in [3.8, 4) is 11.1 Å². The van der Waals surface area contributed by atoms with E-state index in [1.165, 1.54) is 0 Å². The third-order valence-corrected chi connectivity index (χ3v) is 3.17. The van der Waals surface area contributed by atoms with Crippen molar-refractivity contribution in [2.24, 2.45) is 0 Å². The highest BCUT2D eigenvalue weighted by molar-refractivity contribution is 9.10. The average molecular weight is 306 g/mol. The van der Waals surface area contributed by atoms with Crippen LogP contribution in [0.5, 0.6) is 0 Å². The fraction of sp³-hybridized carbons (Fsp3) is 0.286. The first kappa shape index (κ1) is 13.0. The monoisotopic (exact) mass is 305 g/mol. The Hall–Kier alpha value is -1.42. The number of aromatic nitrogens is 2. The molecule has 2 rings (SSSR count). The summed E-state index contributed by atoms with van der Waals surface area (Å²) >= 11 is 3.41. The molecule has 0 radical (unpaired) electrons. The Morgan fingerprint density at radius 1 is 1.11 bits per heavy atom. The van der Waals surface area contributed by atoms with E-state index >= 15 is 0 Å². The molecule has 1 aromatic carbocycles. The number of hydrogen-bond donors (Lipinski definition) is 1. The van der Waals surface area contributed by atoms with Gasteiger partial charge in [0.15, 0.2) is 0 Å². The SMILES string of the molecule is CC(C)(C)c1ncc(-c2ccc(Br)cc2)c(N)n1. The third-order valence-electron chi connectivity index (χ3n) is 2.64. The van der Waals surface area contributed by atoms with Crippen molar-refractivity contribution in [3.05, 3.63) is 40.8 Å². The summed E-state index contributed by atoms with van der Waals surface area (Å²) in [5.74, 6) is 1.29. The van der Waals surface area contributed by atoms with Crippen molar-refractivity contribution in [3.63, 3.8) is 0 Å². The number of anilines is 1. The zero-order chi connectivity index (χ0) is 13.3. The largest absolute Gasteiger partial charge is 0.383 e. The molecule has 2 N–H and O–H groups in total. The number of hydrogen-bond acceptors (Lipinski definition) is 3. The van der Waals surface area contributed by atoms with Gasteiger partial charge in [0.2, 0.25) is 0 Å². The van der Waals surface area contributed by atoms with Gasteiger partial charge in [-0.05, 0) is 17.7 Å². The van der Waals surface area contributed by atoms with Gasteiger partial charge in [-0.25, -0.2) is 9.97 Å². The van der Waals surface area contributed by atoms with Crippen LogP contribution in [0.4, 0.5) is 5.82 Å². The first-order valence-corrected chi connectivity index (χ1v) is 6.56. The fourth-order valence-corrected chi connectivity index (χ4v) is 1.87. The molecule has 0 aliphatic carbocycles. The molecule has 2 aromatic rings. The molecule has 3 nitrogen and oxygen atoms in total. The second-order valence-corrected chi connectivity index (χ2v) is 6.17. The van der Waals surface area contributed by atoms with E-state index in [2.05, 4.69) is 46.7 Å². The van der Waals surface area contributed by atoms with Gasteiger partial charge in [-0.3, -0.25) is 0 Å². The van der Waals surface area contributed by atoms with Gasteiger partial charge in [0.25, 0.3) is 0 Å². The summed E-state index contributed by atoms with van der Waals surface area (Å²) in [6.07, 6.45) is 1.80. The van der Waals surface area contributed by atoms with Crippen LogP contribution in [0.15, 0.2) is 34.9 Å². The predicted octanol–water partition coefficient (Wildman–Crippen LogP) is 3.79. The van der Waals surface area contributed by atoms with Gasteiger partial charge in [0.05, 0.1) is 0 Å². The van der Waals surface area contributed by atoms with Gasteiger partial charge in [0.1, 0.15) is 11.6 Å². The van der Waals surface area contributed by atoms with Crippen LogP contribution in [0.2, 0.25) is 0 Å². The second-order valence-electron chi connectivity index (χ2n) is 5.25. The summed E-state index contributed by atoms with van der Waals surface area (Å²) in [6, 6.07) is 7.95. The maximum atomic E-state index is 6.03. The minimum absolute atomic E-state index is 0.0909. The lowest BCUT2D eigenvalue weighted by Crippen LogP contribution is -2.17. The van der Waals surface area contributed by atoms with Crippen molar-refractivity contribution in [2.75, 3.05) is 5.73 Å². The van der Waals surface area contributed by atoms with Crippen LogP contribution >= 0.6 is 15.9 Å². The first-order valence-electron chi connectivity index (χ1n) is 5.77. The van der Waals surface area contributed by atoms with Gasteiger partial charge < -0.3 is 5.73 Å². The molecule has 0 saturated heterocycles. The molecule has 0 fully saturated rings.